The summed E-state index contributed by atoms with van der Waals surface area (Å²) in [5, 5.41) is 4.81. The SMILES string of the molecule is Cc1c(C(=O)NNC(=O)c2ccco2)cnn1-c1ccc(Cl)cc1. The maximum absolute atomic E-state index is 12.2. The van der Waals surface area contributed by atoms with Gasteiger partial charge in [-0.2, -0.15) is 5.10 Å². The Morgan fingerprint density at radius 1 is 1.12 bits per heavy atom. The first-order valence-corrected chi connectivity index (χ1v) is 7.39. The average molecular weight is 345 g/mol. The zero-order valence-electron chi connectivity index (χ0n) is 12.6. The summed E-state index contributed by atoms with van der Waals surface area (Å²) in [5.74, 6) is -0.924. The minimum Gasteiger partial charge on any atom is -0.459 e. The molecule has 3 aromatic rings. The Bertz CT molecular complexity index is 869. The number of furan rings is 1. The molecule has 2 N–H and O–H groups in total. The third-order valence-electron chi connectivity index (χ3n) is 3.36. The van der Waals surface area contributed by atoms with Gasteiger partial charge in [-0.3, -0.25) is 20.4 Å². The molecular formula is C16H13ClN4O3. The molecule has 0 radical (unpaired) electrons. The molecule has 0 spiro atoms. The Labute approximate surface area is 142 Å². The number of hydrogen-bond acceptors (Lipinski definition) is 4. The van der Waals surface area contributed by atoms with Crippen LogP contribution in [0.15, 0.2) is 53.3 Å². The number of hydrazine groups is 1. The molecule has 0 bridgehead atoms. The molecule has 2 amide bonds. The summed E-state index contributed by atoms with van der Waals surface area (Å²) in [6.45, 7) is 1.75. The van der Waals surface area contributed by atoms with E-state index in [9.17, 15) is 9.59 Å². The van der Waals surface area contributed by atoms with E-state index in [1.54, 1.807) is 41.9 Å². The van der Waals surface area contributed by atoms with E-state index in [4.69, 9.17) is 16.0 Å². The summed E-state index contributed by atoms with van der Waals surface area (Å²) in [4.78, 5) is 23.9. The van der Waals surface area contributed by atoms with Crippen molar-refractivity contribution in [3.05, 3.63) is 70.9 Å². The summed E-state index contributed by atoms with van der Waals surface area (Å²) in [7, 11) is 0. The van der Waals surface area contributed by atoms with Gasteiger partial charge in [-0.1, -0.05) is 11.6 Å². The highest BCUT2D eigenvalue weighted by atomic mass is 35.5. The van der Waals surface area contributed by atoms with Gasteiger partial charge in [0, 0.05) is 5.02 Å². The van der Waals surface area contributed by atoms with Crippen LogP contribution in [0.2, 0.25) is 5.02 Å². The van der Waals surface area contributed by atoms with Gasteiger partial charge in [0.25, 0.3) is 5.91 Å². The van der Waals surface area contributed by atoms with Crippen LogP contribution in [0, 0.1) is 6.92 Å². The normalized spacial score (nSPS) is 10.4. The van der Waals surface area contributed by atoms with Crippen molar-refractivity contribution in [2.45, 2.75) is 6.92 Å². The zero-order chi connectivity index (χ0) is 17.1. The second-order valence-electron chi connectivity index (χ2n) is 4.92. The molecule has 7 nitrogen and oxygen atoms in total. The van der Waals surface area contributed by atoms with Crippen molar-refractivity contribution in [2.75, 3.05) is 0 Å². The summed E-state index contributed by atoms with van der Waals surface area (Å²) >= 11 is 5.87. The number of hydrogen-bond donors (Lipinski definition) is 2. The molecular weight excluding hydrogens is 332 g/mol. The van der Waals surface area contributed by atoms with Gasteiger partial charge >= 0.3 is 5.91 Å². The van der Waals surface area contributed by atoms with E-state index in [1.807, 2.05) is 0 Å². The molecule has 2 heterocycles. The van der Waals surface area contributed by atoms with E-state index < -0.39 is 11.8 Å². The number of carbonyl (C=O) groups excluding carboxylic acids is 2. The lowest BCUT2D eigenvalue weighted by molar-refractivity contribution is 0.0830. The average Bonchev–Trinajstić information content (AvgIpc) is 3.23. The summed E-state index contributed by atoms with van der Waals surface area (Å²) in [6.07, 6.45) is 2.80. The first kappa shape index (κ1) is 15.8. The molecule has 0 fully saturated rings. The topological polar surface area (TPSA) is 89.2 Å². The fourth-order valence-corrected chi connectivity index (χ4v) is 2.25. The van der Waals surface area contributed by atoms with Crippen molar-refractivity contribution in [1.82, 2.24) is 20.6 Å². The monoisotopic (exact) mass is 344 g/mol. The first-order valence-electron chi connectivity index (χ1n) is 7.01. The van der Waals surface area contributed by atoms with Crippen molar-refractivity contribution in [3.63, 3.8) is 0 Å². The third kappa shape index (κ3) is 3.16. The highest BCUT2D eigenvalue weighted by Crippen LogP contribution is 2.16. The Balaban J connectivity index is 1.72. The lowest BCUT2D eigenvalue weighted by atomic mass is 10.2. The van der Waals surface area contributed by atoms with Crippen LogP contribution in [0.25, 0.3) is 5.69 Å². The third-order valence-corrected chi connectivity index (χ3v) is 3.61. The zero-order valence-corrected chi connectivity index (χ0v) is 13.4. The molecule has 3 rings (SSSR count). The summed E-state index contributed by atoms with van der Waals surface area (Å²) in [6, 6.07) is 10.1. The van der Waals surface area contributed by atoms with Crippen LogP contribution >= 0.6 is 11.6 Å². The molecule has 0 atom stereocenters. The van der Waals surface area contributed by atoms with Gasteiger partial charge in [0.05, 0.1) is 29.4 Å². The van der Waals surface area contributed by atoms with E-state index >= 15 is 0 Å². The van der Waals surface area contributed by atoms with Crippen LogP contribution in [-0.4, -0.2) is 21.6 Å². The van der Waals surface area contributed by atoms with Crippen LogP contribution in [0.3, 0.4) is 0 Å². The smallest absolute Gasteiger partial charge is 0.305 e. The van der Waals surface area contributed by atoms with Crippen molar-refractivity contribution in [3.8, 4) is 5.69 Å². The number of nitrogens with zero attached hydrogens (tertiary/aromatic N) is 2. The molecule has 1 aromatic carbocycles. The lowest BCUT2D eigenvalue weighted by Gasteiger charge is -2.07. The Morgan fingerprint density at radius 3 is 2.50 bits per heavy atom. The number of nitrogens with one attached hydrogen (secondary N) is 2. The Morgan fingerprint density at radius 2 is 1.83 bits per heavy atom. The van der Waals surface area contributed by atoms with Crippen molar-refractivity contribution in [2.24, 2.45) is 0 Å². The number of halogens is 1. The molecule has 8 heteroatoms. The van der Waals surface area contributed by atoms with E-state index in [-0.39, 0.29) is 5.76 Å². The van der Waals surface area contributed by atoms with Crippen LogP contribution in [0.4, 0.5) is 0 Å². The van der Waals surface area contributed by atoms with Crippen molar-refractivity contribution in [1.29, 1.82) is 0 Å². The fraction of sp³-hybridized carbons (Fsp3) is 0.0625. The number of carbonyl (C=O) groups is 2. The summed E-state index contributed by atoms with van der Waals surface area (Å²) < 4.78 is 6.55. The molecule has 122 valence electrons. The molecule has 0 saturated carbocycles. The fourth-order valence-electron chi connectivity index (χ4n) is 2.13. The van der Waals surface area contributed by atoms with Gasteiger partial charge in [-0.05, 0) is 43.3 Å². The molecule has 24 heavy (non-hydrogen) atoms. The van der Waals surface area contributed by atoms with Crippen LogP contribution in [0.1, 0.15) is 26.6 Å². The maximum Gasteiger partial charge on any atom is 0.305 e. The molecule has 0 saturated heterocycles. The van der Waals surface area contributed by atoms with Gasteiger partial charge < -0.3 is 4.42 Å². The van der Waals surface area contributed by atoms with Crippen molar-refractivity contribution < 1.29 is 14.0 Å². The molecule has 0 aliphatic heterocycles. The van der Waals surface area contributed by atoms with Crippen LogP contribution in [-0.2, 0) is 0 Å². The summed E-state index contributed by atoms with van der Waals surface area (Å²) in [5.41, 5.74) is 6.35. The second kappa shape index (κ2) is 6.59. The van der Waals surface area contributed by atoms with Gasteiger partial charge in [0.2, 0.25) is 0 Å². The van der Waals surface area contributed by atoms with Crippen LogP contribution in [0.5, 0.6) is 0 Å². The molecule has 2 aromatic heterocycles. The number of benzene rings is 1. The number of aromatic nitrogens is 2. The van der Waals surface area contributed by atoms with Crippen LogP contribution < -0.4 is 10.9 Å². The molecule has 0 aliphatic carbocycles. The van der Waals surface area contributed by atoms with Crippen molar-refractivity contribution >= 4 is 23.4 Å². The minimum absolute atomic E-state index is 0.101. The molecule has 0 unspecified atom stereocenters. The predicted molar refractivity (Wildman–Crippen MR) is 87.0 cm³/mol. The lowest BCUT2D eigenvalue weighted by Crippen LogP contribution is -2.41. The van der Waals surface area contributed by atoms with Gasteiger partial charge in [0.15, 0.2) is 5.76 Å². The number of rotatable bonds is 3. The Hall–Kier alpha value is -3.06. The second-order valence-corrected chi connectivity index (χ2v) is 5.35. The minimum atomic E-state index is -0.545. The molecule has 0 aliphatic rings. The Kier molecular flexibility index (Phi) is 4.35. The van der Waals surface area contributed by atoms with E-state index in [2.05, 4.69) is 16.0 Å². The number of amides is 2. The van der Waals surface area contributed by atoms with E-state index in [1.165, 1.54) is 18.5 Å². The standard InChI is InChI=1S/C16H13ClN4O3/c1-10-13(9-18-21(10)12-6-4-11(17)5-7-12)15(22)19-20-16(23)14-3-2-8-24-14/h2-9H,1H3,(H,19,22)(H,20,23). The van der Waals surface area contributed by atoms with E-state index in [0.29, 0.717) is 16.3 Å². The maximum atomic E-state index is 12.2. The van der Waals surface area contributed by atoms with Gasteiger partial charge in [-0.15, -0.1) is 0 Å². The largest absolute Gasteiger partial charge is 0.459 e. The van der Waals surface area contributed by atoms with Gasteiger partial charge in [-0.25, -0.2) is 4.68 Å². The predicted octanol–water partition coefficient (Wildman–Crippen LogP) is 2.50. The highest BCUT2D eigenvalue weighted by molar-refractivity contribution is 6.30. The quantitative estimate of drug-likeness (QED) is 0.714. The first-order chi connectivity index (χ1) is 11.6. The highest BCUT2D eigenvalue weighted by Gasteiger charge is 2.16. The van der Waals surface area contributed by atoms with Gasteiger partial charge in [0.1, 0.15) is 0 Å². The van der Waals surface area contributed by atoms with E-state index in [0.717, 1.165) is 5.69 Å².